The van der Waals surface area contributed by atoms with Crippen molar-refractivity contribution < 1.29 is 14.3 Å². The van der Waals surface area contributed by atoms with Crippen LogP contribution in [0, 0.1) is 5.92 Å². The van der Waals surface area contributed by atoms with E-state index in [1.54, 1.807) is 12.0 Å². The lowest BCUT2D eigenvalue weighted by atomic mass is 10.1. The molecule has 0 aliphatic rings. The maximum absolute atomic E-state index is 12.7. The van der Waals surface area contributed by atoms with Gasteiger partial charge in [0.05, 0.1) is 7.11 Å². The van der Waals surface area contributed by atoms with E-state index in [0.29, 0.717) is 31.8 Å². The van der Waals surface area contributed by atoms with E-state index in [4.69, 9.17) is 4.74 Å². The highest BCUT2D eigenvalue weighted by Gasteiger charge is 2.28. The summed E-state index contributed by atoms with van der Waals surface area (Å²) >= 11 is 0. The van der Waals surface area contributed by atoms with Crippen LogP contribution in [-0.4, -0.2) is 36.4 Å². The third-order valence-corrected chi connectivity index (χ3v) is 4.02. The van der Waals surface area contributed by atoms with Gasteiger partial charge >= 0.3 is 0 Å². The molecule has 5 nitrogen and oxygen atoms in total. The van der Waals surface area contributed by atoms with Gasteiger partial charge < -0.3 is 15.0 Å². The van der Waals surface area contributed by atoms with Gasteiger partial charge in [0.2, 0.25) is 11.8 Å². The monoisotopic (exact) mass is 348 g/mol. The number of carbonyl (C=O) groups excluding carboxylic acids is 2. The Kier molecular flexibility index (Phi) is 9.03. The van der Waals surface area contributed by atoms with Crippen molar-refractivity contribution in [3.05, 3.63) is 29.8 Å². The second-order valence-corrected chi connectivity index (χ2v) is 6.69. The molecule has 0 spiro atoms. The first-order chi connectivity index (χ1) is 11.9. The van der Waals surface area contributed by atoms with E-state index in [1.165, 1.54) is 0 Å². The predicted molar refractivity (Wildman–Crippen MR) is 100 cm³/mol. The quantitative estimate of drug-likeness (QED) is 0.705. The summed E-state index contributed by atoms with van der Waals surface area (Å²) < 4.78 is 5.26. The molecule has 1 aromatic carbocycles. The van der Waals surface area contributed by atoms with Crippen LogP contribution in [0.5, 0.6) is 5.75 Å². The fourth-order valence-corrected chi connectivity index (χ4v) is 2.67. The van der Waals surface area contributed by atoms with Crippen LogP contribution in [0.2, 0.25) is 0 Å². The molecule has 140 valence electrons. The molecule has 0 radical (unpaired) electrons. The number of ether oxygens (including phenoxy) is 1. The SMILES string of the molecule is CCCC(=O)N(Cc1cccc(OC)c1)C(CC)C(=O)NCC(C)C. The third kappa shape index (κ3) is 6.77. The lowest BCUT2D eigenvalue weighted by Gasteiger charge is -2.31. The van der Waals surface area contributed by atoms with Gasteiger partial charge in [-0.05, 0) is 36.5 Å². The van der Waals surface area contributed by atoms with Crippen molar-refractivity contribution in [2.45, 2.75) is 59.5 Å². The third-order valence-electron chi connectivity index (χ3n) is 4.02. The Labute approximate surface area is 151 Å². The van der Waals surface area contributed by atoms with Crippen molar-refractivity contribution in [2.75, 3.05) is 13.7 Å². The number of hydrogen-bond acceptors (Lipinski definition) is 3. The van der Waals surface area contributed by atoms with Crippen molar-refractivity contribution in [1.29, 1.82) is 0 Å². The average Bonchev–Trinajstić information content (AvgIpc) is 2.60. The highest BCUT2D eigenvalue weighted by molar-refractivity contribution is 5.87. The van der Waals surface area contributed by atoms with Crippen LogP contribution < -0.4 is 10.1 Å². The van der Waals surface area contributed by atoms with E-state index in [9.17, 15) is 9.59 Å². The number of methoxy groups -OCH3 is 1. The topological polar surface area (TPSA) is 58.6 Å². The smallest absolute Gasteiger partial charge is 0.242 e. The maximum atomic E-state index is 12.7. The number of hydrogen-bond donors (Lipinski definition) is 1. The van der Waals surface area contributed by atoms with E-state index in [2.05, 4.69) is 19.2 Å². The summed E-state index contributed by atoms with van der Waals surface area (Å²) in [6, 6.07) is 7.17. The van der Waals surface area contributed by atoms with Gasteiger partial charge in [0.25, 0.3) is 0 Å². The Morgan fingerprint density at radius 3 is 2.52 bits per heavy atom. The zero-order valence-electron chi connectivity index (χ0n) is 16.2. The molecule has 1 atom stereocenters. The first kappa shape index (κ1) is 21.0. The van der Waals surface area contributed by atoms with Gasteiger partial charge in [-0.3, -0.25) is 9.59 Å². The molecule has 2 amide bonds. The van der Waals surface area contributed by atoms with Crippen molar-refractivity contribution >= 4 is 11.8 Å². The summed E-state index contributed by atoms with van der Waals surface area (Å²) in [7, 11) is 1.62. The average molecular weight is 348 g/mol. The molecule has 0 aliphatic carbocycles. The Hall–Kier alpha value is -2.04. The van der Waals surface area contributed by atoms with Crippen LogP contribution in [0.25, 0.3) is 0 Å². The normalized spacial score (nSPS) is 11.9. The minimum Gasteiger partial charge on any atom is -0.497 e. The summed E-state index contributed by atoms with van der Waals surface area (Å²) in [5, 5.41) is 2.96. The molecule has 5 heteroatoms. The second kappa shape index (κ2) is 10.7. The van der Waals surface area contributed by atoms with E-state index >= 15 is 0 Å². The zero-order valence-corrected chi connectivity index (χ0v) is 16.2. The summed E-state index contributed by atoms with van der Waals surface area (Å²) in [6.45, 7) is 9.04. The largest absolute Gasteiger partial charge is 0.497 e. The maximum Gasteiger partial charge on any atom is 0.242 e. The Bertz CT molecular complexity index is 558. The van der Waals surface area contributed by atoms with Crippen LogP contribution in [0.3, 0.4) is 0 Å². The van der Waals surface area contributed by atoms with Gasteiger partial charge in [-0.25, -0.2) is 0 Å². The van der Waals surface area contributed by atoms with E-state index in [-0.39, 0.29) is 11.8 Å². The lowest BCUT2D eigenvalue weighted by Crippen LogP contribution is -2.49. The minimum atomic E-state index is -0.455. The number of benzene rings is 1. The molecule has 1 N–H and O–H groups in total. The molecule has 0 aliphatic heterocycles. The summed E-state index contributed by atoms with van der Waals surface area (Å²) in [4.78, 5) is 27.0. The molecule has 0 bridgehead atoms. The Balaban J connectivity index is 2.99. The molecule has 0 aromatic heterocycles. The standard InChI is InChI=1S/C20H32N2O3/c1-6-9-19(23)22(14-16-10-8-11-17(12-16)25-5)18(7-2)20(24)21-13-15(3)4/h8,10-12,15,18H,6-7,9,13-14H2,1-5H3,(H,21,24). The van der Waals surface area contributed by atoms with Crippen molar-refractivity contribution in [2.24, 2.45) is 5.92 Å². The molecule has 0 saturated carbocycles. The molecule has 1 aromatic rings. The van der Waals surface area contributed by atoms with Gasteiger partial charge in [0.15, 0.2) is 0 Å². The van der Waals surface area contributed by atoms with E-state index < -0.39 is 6.04 Å². The molecule has 25 heavy (non-hydrogen) atoms. The van der Waals surface area contributed by atoms with Crippen LogP contribution in [0.15, 0.2) is 24.3 Å². The van der Waals surface area contributed by atoms with Gasteiger partial charge in [0, 0.05) is 19.5 Å². The number of nitrogens with one attached hydrogen (secondary N) is 1. The van der Waals surface area contributed by atoms with E-state index in [1.807, 2.05) is 38.1 Å². The fraction of sp³-hybridized carbons (Fsp3) is 0.600. The predicted octanol–water partition coefficient (Wildman–Crippen LogP) is 3.37. The molecule has 0 fully saturated rings. The second-order valence-electron chi connectivity index (χ2n) is 6.69. The van der Waals surface area contributed by atoms with Gasteiger partial charge in [-0.1, -0.05) is 39.8 Å². The number of rotatable bonds is 10. The van der Waals surface area contributed by atoms with Crippen molar-refractivity contribution in [3.63, 3.8) is 0 Å². The first-order valence-electron chi connectivity index (χ1n) is 9.12. The minimum absolute atomic E-state index is 0.0110. The Morgan fingerprint density at radius 2 is 1.96 bits per heavy atom. The highest BCUT2D eigenvalue weighted by Crippen LogP contribution is 2.18. The van der Waals surface area contributed by atoms with Crippen molar-refractivity contribution in [1.82, 2.24) is 10.2 Å². The highest BCUT2D eigenvalue weighted by atomic mass is 16.5. The van der Waals surface area contributed by atoms with Gasteiger partial charge in [0.1, 0.15) is 11.8 Å². The first-order valence-corrected chi connectivity index (χ1v) is 9.12. The Morgan fingerprint density at radius 1 is 1.24 bits per heavy atom. The molecule has 1 rings (SSSR count). The summed E-state index contributed by atoms with van der Waals surface area (Å²) in [5.41, 5.74) is 0.957. The number of nitrogens with zero attached hydrogens (tertiary/aromatic N) is 1. The zero-order chi connectivity index (χ0) is 18.8. The number of amides is 2. The molecule has 0 saturated heterocycles. The van der Waals surface area contributed by atoms with Crippen LogP contribution in [0.1, 0.15) is 52.5 Å². The van der Waals surface area contributed by atoms with Crippen molar-refractivity contribution in [3.8, 4) is 5.75 Å². The molecular formula is C20H32N2O3. The summed E-state index contributed by atoms with van der Waals surface area (Å²) in [5.74, 6) is 1.05. The van der Waals surface area contributed by atoms with Crippen LogP contribution in [0.4, 0.5) is 0 Å². The van der Waals surface area contributed by atoms with Crippen LogP contribution >= 0.6 is 0 Å². The number of carbonyl (C=O) groups is 2. The molecular weight excluding hydrogens is 316 g/mol. The molecule has 0 heterocycles. The van der Waals surface area contributed by atoms with Gasteiger partial charge in [-0.2, -0.15) is 0 Å². The fourth-order valence-electron chi connectivity index (χ4n) is 2.67. The lowest BCUT2D eigenvalue weighted by molar-refractivity contribution is -0.141. The van der Waals surface area contributed by atoms with Gasteiger partial charge in [-0.15, -0.1) is 0 Å². The van der Waals surface area contributed by atoms with E-state index in [0.717, 1.165) is 17.7 Å². The summed E-state index contributed by atoms with van der Waals surface area (Å²) in [6.07, 6.45) is 1.79. The van der Waals surface area contributed by atoms with Crippen LogP contribution in [-0.2, 0) is 16.1 Å². The molecule has 1 unspecified atom stereocenters.